The van der Waals surface area contributed by atoms with Crippen molar-refractivity contribution >= 4 is 29.0 Å². The molecule has 1 aliphatic rings. The summed E-state index contributed by atoms with van der Waals surface area (Å²) >= 11 is 1.97. The number of benzene rings is 1. The Labute approximate surface area is 131 Å². The molecule has 1 aromatic carbocycles. The molecule has 2 rings (SSSR count). The third kappa shape index (κ3) is 4.30. The van der Waals surface area contributed by atoms with Crippen molar-refractivity contribution in [1.29, 1.82) is 0 Å². The first-order valence-electron chi connectivity index (χ1n) is 7.61. The molecule has 0 saturated heterocycles. The molecule has 0 bridgehead atoms. The van der Waals surface area contributed by atoms with Gasteiger partial charge in [-0.15, -0.1) is 0 Å². The number of hydrogen-bond acceptors (Lipinski definition) is 4. The molecule has 4 N–H and O–H groups in total. The Hall–Kier alpha value is -1.36. The van der Waals surface area contributed by atoms with Gasteiger partial charge in [0.15, 0.2) is 0 Å². The maximum absolute atomic E-state index is 11.8. The lowest BCUT2D eigenvalue weighted by molar-refractivity contribution is 0.0956. The Morgan fingerprint density at radius 1 is 1.33 bits per heavy atom. The second-order valence-corrected chi connectivity index (χ2v) is 6.65. The van der Waals surface area contributed by atoms with Gasteiger partial charge in [0.05, 0.1) is 11.4 Å². The Morgan fingerprint density at radius 2 is 2.05 bits per heavy atom. The van der Waals surface area contributed by atoms with Crippen molar-refractivity contribution in [3.8, 4) is 0 Å². The predicted octanol–water partition coefficient (Wildman–Crippen LogP) is 3.10. The fourth-order valence-electron chi connectivity index (χ4n) is 2.76. The van der Waals surface area contributed by atoms with E-state index in [1.807, 2.05) is 30.8 Å². The predicted molar refractivity (Wildman–Crippen MR) is 92.0 cm³/mol. The summed E-state index contributed by atoms with van der Waals surface area (Å²) in [7, 11) is 0. The van der Waals surface area contributed by atoms with Gasteiger partial charge in [-0.25, -0.2) is 0 Å². The van der Waals surface area contributed by atoms with Gasteiger partial charge in [-0.3, -0.25) is 4.79 Å². The highest BCUT2D eigenvalue weighted by Crippen LogP contribution is 2.30. The highest BCUT2D eigenvalue weighted by atomic mass is 32.2. The van der Waals surface area contributed by atoms with E-state index < -0.39 is 0 Å². The normalized spacial score (nSPS) is 21.8. The highest BCUT2D eigenvalue weighted by Gasteiger charge is 2.20. The monoisotopic (exact) mass is 307 g/mol. The Bertz CT molecular complexity index is 484. The molecule has 0 radical (unpaired) electrons. The van der Waals surface area contributed by atoms with Crippen molar-refractivity contribution in [2.24, 2.45) is 0 Å². The summed E-state index contributed by atoms with van der Waals surface area (Å²) < 4.78 is 0. The summed E-state index contributed by atoms with van der Waals surface area (Å²) in [5.41, 5.74) is 8.28. The summed E-state index contributed by atoms with van der Waals surface area (Å²) in [5.74, 6) is -0.0729. The largest absolute Gasteiger partial charge is 0.397 e. The van der Waals surface area contributed by atoms with Gasteiger partial charge >= 0.3 is 0 Å². The van der Waals surface area contributed by atoms with Gasteiger partial charge in [-0.2, -0.15) is 11.8 Å². The summed E-state index contributed by atoms with van der Waals surface area (Å²) in [6, 6.07) is 5.99. The molecule has 0 atom stereocenters. The van der Waals surface area contributed by atoms with Crippen LogP contribution >= 0.6 is 11.8 Å². The van der Waals surface area contributed by atoms with Gasteiger partial charge in [0.1, 0.15) is 0 Å². The van der Waals surface area contributed by atoms with Gasteiger partial charge in [-0.05, 0) is 57.1 Å². The minimum atomic E-state index is -0.0729. The van der Waals surface area contributed by atoms with Crippen LogP contribution < -0.4 is 16.4 Å². The van der Waals surface area contributed by atoms with E-state index in [1.54, 1.807) is 6.07 Å². The van der Waals surface area contributed by atoms with Gasteiger partial charge in [0, 0.05) is 23.4 Å². The number of carbonyl (C=O) groups excluding carboxylic acids is 1. The van der Waals surface area contributed by atoms with Crippen LogP contribution in [0.2, 0.25) is 0 Å². The van der Waals surface area contributed by atoms with E-state index in [2.05, 4.69) is 16.9 Å². The van der Waals surface area contributed by atoms with Crippen molar-refractivity contribution in [1.82, 2.24) is 5.32 Å². The Balaban J connectivity index is 1.97. The topological polar surface area (TPSA) is 67.2 Å². The van der Waals surface area contributed by atoms with Crippen LogP contribution in [0.5, 0.6) is 0 Å². The number of carbonyl (C=O) groups is 1. The van der Waals surface area contributed by atoms with Crippen LogP contribution in [-0.4, -0.2) is 30.0 Å². The van der Waals surface area contributed by atoms with Gasteiger partial charge in [0.25, 0.3) is 5.91 Å². The minimum absolute atomic E-state index is 0.0729. The molecular formula is C16H25N3OS. The lowest BCUT2D eigenvalue weighted by atomic mass is 9.94. The number of rotatable bonds is 5. The van der Waals surface area contributed by atoms with Crippen molar-refractivity contribution < 1.29 is 4.79 Å². The lowest BCUT2D eigenvalue weighted by Crippen LogP contribution is -2.27. The fraction of sp³-hybridized carbons (Fsp3) is 0.562. The number of hydrogen-bond donors (Lipinski definition) is 3. The van der Waals surface area contributed by atoms with Crippen molar-refractivity contribution in [2.45, 2.75) is 43.9 Å². The Kier molecular flexibility index (Phi) is 5.79. The zero-order valence-electron chi connectivity index (χ0n) is 12.8. The maximum atomic E-state index is 11.8. The molecule has 1 aromatic rings. The number of anilines is 2. The van der Waals surface area contributed by atoms with Crippen LogP contribution in [-0.2, 0) is 0 Å². The average Bonchev–Trinajstić information content (AvgIpc) is 2.50. The van der Waals surface area contributed by atoms with Crippen LogP contribution in [0.1, 0.15) is 43.0 Å². The van der Waals surface area contributed by atoms with Crippen LogP contribution in [0.15, 0.2) is 18.2 Å². The number of nitrogens with one attached hydrogen (secondary N) is 2. The number of thioether (sulfide) groups is 1. The molecule has 0 spiro atoms. The molecule has 116 valence electrons. The first kappa shape index (κ1) is 16.0. The van der Waals surface area contributed by atoms with Gasteiger partial charge in [0.2, 0.25) is 0 Å². The standard InChI is InChI=1S/C16H25N3OS/c1-3-18-16(20)11-4-9-15(14(17)10-11)19-12-5-7-13(21-2)8-6-12/h4,9-10,12-13,19H,3,5-8,17H2,1-2H3,(H,18,20). The summed E-state index contributed by atoms with van der Waals surface area (Å²) in [5, 5.41) is 7.12. The summed E-state index contributed by atoms with van der Waals surface area (Å²) in [6.45, 7) is 2.53. The molecule has 21 heavy (non-hydrogen) atoms. The minimum Gasteiger partial charge on any atom is -0.397 e. The first-order chi connectivity index (χ1) is 10.1. The molecule has 4 nitrogen and oxygen atoms in total. The molecule has 0 aliphatic heterocycles. The van der Waals surface area contributed by atoms with Gasteiger partial charge in [-0.1, -0.05) is 0 Å². The van der Waals surface area contributed by atoms with E-state index in [1.165, 1.54) is 25.7 Å². The van der Waals surface area contributed by atoms with Crippen LogP contribution in [0.25, 0.3) is 0 Å². The van der Waals surface area contributed by atoms with E-state index in [0.717, 1.165) is 10.9 Å². The van der Waals surface area contributed by atoms with E-state index in [4.69, 9.17) is 5.73 Å². The second-order valence-electron chi connectivity index (χ2n) is 5.52. The SMILES string of the molecule is CCNC(=O)c1ccc(NC2CCC(SC)CC2)c(N)c1. The molecule has 0 aromatic heterocycles. The van der Waals surface area contributed by atoms with Crippen LogP contribution in [0.4, 0.5) is 11.4 Å². The molecule has 0 heterocycles. The summed E-state index contributed by atoms with van der Waals surface area (Å²) in [4.78, 5) is 11.8. The zero-order valence-corrected chi connectivity index (χ0v) is 13.6. The Morgan fingerprint density at radius 3 is 2.62 bits per heavy atom. The molecule has 1 amide bonds. The molecular weight excluding hydrogens is 282 g/mol. The number of nitrogens with two attached hydrogens (primary N) is 1. The number of amides is 1. The first-order valence-corrected chi connectivity index (χ1v) is 8.90. The smallest absolute Gasteiger partial charge is 0.251 e. The van der Waals surface area contributed by atoms with E-state index in [0.29, 0.717) is 23.8 Å². The molecule has 1 fully saturated rings. The molecule has 1 aliphatic carbocycles. The van der Waals surface area contributed by atoms with E-state index in [-0.39, 0.29) is 5.91 Å². The van der Waals surface area contributed by atoms with Gasteiger partial charge < -0.3 is 16.4 Å². The van der Waals surface area contributed by atoms with E-state index in [9.17, 15) is 4.79 Å². The molecule has 1 saturated carbocycles. The third-order valence-electron chi connectivity index (χ3n) is 4.02. The van der Waals surface area contributed by atoms with Crippen molar-refractivity contribution in [2.75, 3.05) is 23.9 Å². The van der Waals surface area contributed by atoms with Crippen molar-refractivity contribution in [3.05, 3.63) is 23.8 Å². The number of nitrogen functional groups attached to an aromatic ring is 1. The van der Waals surface area contributed by atoms with E-state index >= 15 is 0 Å². The maximum Gasteiger partial charge on any atom is 0.251 e. The summed E-state index contributed by atoms with van der Waals surface area (Å²) in [6.07, 6.45) is 7.08. The third-order valence-corrected chi connectivity index (χ3v) is 5.16. The quantitative estimate of drug-likeness (QED) is 0.731. The molecule has 5 heteroatoms. The van der Waals surface area contributed by atoms with Crippen LogP contribution in [0, 0.1) is 0 Å². The average molecular weight is 307 g/mol. The molecule has 0 unspecified atom stereocenters. The second kappa shape index (κ2) is 7.59. The lowest BCUT2D eigenvalue weighted by Gasteiger charge is -2.29. The van der Waals surface area contributed by atoms with Crippen molar-refractivity contribution in [3.63, 3.8) is 0 Å². The highest BCUT2D eigenvalue weighted by molar-refractivity contribution is 7.99. The fourth-order valence-corrected chi connectivity index (χ4v) is 3.50. The van der Waals surface area contributed by atoms with Crippen LogP contribution in [0.3, 0.4) is 0 Å². The zero-order chi connectivity index (χ0) is 15.2.